The van der Waals surface area contributed by atoms with Crippen LogP contribution in [0.5, 0.6) is 5.75 Å². The fourth-order valence-electron chi connectivity index (χ4n) is 0.973. The molecule has 2 rings (SSSR count). The van der Waals surface area contributed by atoms with E-state index in [-0.39, 0.29) is 11.2 Å². The van der Waals surface area contributed by atoms with E-state index >= 15 is 0 Å². The number of nitro groups is 1. The van der Waals surface area contributed by atoms with Crippen molar-refractivity contribution < 1.29 is 10.0 Å². The topological polar surface area (TPSA) is 89.2 Å². The maximum absolute atomic E-state index is 10.4. The molecule has 0 radical (unpaired) electrons. The number of phenolic OH excluding ortho intramolecular Hbond substituents is 1. The van der Waals surface area contributed by atoms with Crippen LogP contribution < -0.4 is 0 Å². The number of aromatic hydroxyl groups is 1. The minimum atomic E-state index is -0.659. The van der Waals surface area contributed by atoms with Gasteiger partial charge in [-0.25, -0.2) is 0 Å². The molecule has 2 aromatic rings. The van der Waals surface area contributed by atoms with Crippen LogP contribution in [0.15, 0.2) is 12.1 Å². The molecule has 0 saturated carbocycles. The van der Waals surface area contributed by atoms with Crippen LogP contribution in [0.1, 0.15) is 0 Å². The number of hydrogen-bond acceptors (Lipinski definition) is 6. The fraction of sp³-hybridized carbons (Fsp3) is 0. The molecule has 0 atom stereocenters. The molecule has 7 heteroatoms. The first kappa shape index (κ1) is 7.87. The Labute approximate surface area is 75.7 Å². The van der Waals surface area contributed by atoms with Gasteiger partial charge in [0.25, 0.3) is 0 Å². The monoisotopic (exact) mass is 197 g/mol. The van der Waals surface area contributed by atoms with Crippen molar-refractivity contribution in [2.75, 3.05) is 0 Å². The fourth-order valence-corrected chi connectivity index (χ4v) is 1.54. The molecular formula is C6H3N3O3S. The number of hydrogen-bond donors (Lipinski definition) is 1. The molecule has 1 N–H and O–H groups in total. The van der Waals surface area contributed by atoms with Crippen molar-refractivity contribution in [2.24, 2.45) is 0 Å². The number of nitrogens with zero attached hydrogens (tertiary/aromatic N) is 3. The van der Waals surface area contributed by atoms with Gasteiger partial charge in [0.2, 0.25) is 5.75 Å². The van der Waals surface area contributed by atoms with E-state index in [1.54, 1.807) is 0 Å². The van der Waals surface area contributed by atoms with Gasteiger partial charge in [-0.05, 0) is 17.6 Å². The lowest BCUT2D eigenvalue weighted by molar-refractivity contribution is -0.385. The van der Waals surface area contributed by atoms with Gasteiger partial charge in [-0.3, -0.25) is 10.1 Å². The first-order valence-corrected chi connectivity index (χ1v) is 4.06. The standard InChI is InChI=1S/C6H3N3O3S/c10-6-3(9(11)12)1-2-4-5(6)7-8-13-4/h1-2,10H. The summed E-state index contributed by atoms with van der Waals surface area (Å²) in [5.74, 6) is -0.420. The lowest BCUT2D eigenvalue weighted by atomic mass is 10.3. The highest BCUT2D eigenvalue weighted by atomic mass is 32.1. The first-order valence-electron chi connectivity index (χ1n) is 3.28. The van der Waals surface area contributed by atoms with Crippen LogP contribution in [0.3, 0.4) is 0 Å². The lowest BCUT2D eigenvalue weighted by Gasteiger charge is -1.94. The zero-order valence-electron chi connectivity index (χ0n) is 6.17. The smallest absolute Gasteiger partial charge is 0.313 e. The van der Waals surface area contributed by atoms with Gasteiger partial charge in [0.1, 0.15) is 0 Å². The van der Waals surface area contributed by atoms with Crippen LogP contribution >= 0.6 is 11.5 Å². The summed E-state index contributed by atoms with van der Waals surface area (Å²) in [5, 5.41) is 23.3. The zero-order valence-corrected chi connectivity index (χ0v) is 6.98. The summed E-state index contributed by atoms with van der Waals surface area (Å²) < 4.78 is 4.20. The van der Waals surface area contributed by atoms with E-state index in [4.69, 9.17) is 0 Å². The van der Waals surface area contributed by atoms with Crippen molar-refractivity contribution in [1.82, 2.24) is 9.59 Å². The van der Waals surface area contributed by atoms with E-state index in [0.717, 1.165) is 11.5 Å². The van der Waals surface area contributed by atoms with Crippen molar-refractivity contribution in [2.45, 2.75) is 0 Å². The molecule has 0 saturated heterocycles. The third kappa shape index (κ3) is 1.09. The van der Waals surface area contributed by atoms with Crippen LogP contribution in [0.4, 0.5) is 5.69 Å². The molecular weight excluding hydrogens is 194 g/mol. The van der Waals surface area contributed by atoms with E-state index in [2.05, 4.69) is 9.59 Å². The van der Waals surface area contributed by atoms with Crippen LogP contribution in [0, 0.1) is 10.1 Å². The summed E-state index contributed by atoms with van der Waals surface area (Å²) in [6.07, 6.45) is 0. The molecule has 1 aromatic carbocycles. The summed E-state index contributed by atoms with van der Waals surface area (Å²) in [6.45, 7) is 0. The largest absolute Gasteiger partial charge is 0.501 e. The molecule has 0 spiro atoms. The highest BCUT2D eigenvalue weighted by Gasteiger charge is 2.17. The van der Waals surface area contributed by atoms with Crippen LogP contribution in [-0.2, 0) is 0 Å². The predicted octanol–water partition coefficient (Wildman–Crippen LogP) is 1.31. The van der Waals surface area contributed by atoms with E-state index < -0.39 is 10.7 Å². The van der Waals surface area contributed by atoms with Crippen molar-refractivity contribution in [3.63, 3.8) is 0 Å². The van der Waals surface area contributed by atoms with Crippen molar-refractivity contribution in [3.05, 3.63) is 22.2 Å². The number of benzene rings is 1. The zero-order chi connectivity index (χ0) is 9.42. The molecule has 0 amide bonds. The Morgan fingerprint density at radius 3 is 3.00 bits per heavy atom. The van der Waals surface area contributed by atoms with E-state index in [1.165, 1.54) is 12.1 Å². The average Bonchev–Trinajstić information content (AvgIpc) is 2.52. The number of rotatable bonds is 1. The van der Waals surface area contributed by atoms with Gasteiger partial charge in [-0.1, -0.05) is 4.49 Å². The van der Waals surface area contributed by atoms with Crippen molar-refractivity contribution >= 4 is 27.4 Å². The second-order valence-corrected chi connectivity index (χ2v) is 3.10. The van der Waals surface area contributed by atoms with E-state index in [0.29, 0.717) is 4.70 Å². The predicted molar refractivity (Wildman–Crippen MR) is 45.7 cm³/mol. The first-order chi connectivity index (χ1) is 6.20. The van der Waals surface area contributed by atoms with Gasteiger partial charge in [-0.2, -0.15) is 0 Å². The van der Waals surface area contributed by atoms with Crippen LogP contribution in [0.25, 0.3) is 10.2 Å². The Kier molecular flexibility index (Phi) is 1.59. The van der Waals surface area contributed by atoms with Gasteiger partial charge in [0, 0.05) is 6.07 Å². The van der Waals surface area contributed by atoms with Gasteiger partial charge < -0.3 is 5.11 Å². The Hall–Kier alpha value is -1.76. The molecule has 13 heavy (non-hydrogen) atoms. The molecule has 0 aliphatic rings. The third-order valence-electron chi connectivity index (χ3n) is 1.57. The summed E-state index contributed by atoms with van der Waals surface area (Å²) >= 11 is 1.08. The number of aromatic nitrogens is 2. The molecule has 0 fully saturated rings. The summed E-state index contributed by atoms with van der Waals surface area (Å²) in [6, 6.07) is 2.75. The van der Waals surface area contributed by atoms with Gasteiger partial charge in [-0.15, -0.1) is 5.10 Å². The molecule has 6 nitrogen and oxygen atoms in total. The van der Waals surface area contributed by atoms with Gasteiger partial charge in [0.15, 0.2) is 5.52 Å². The van der Waals surface area contributed by atoms with Gasteiger partial charge >= 0.3 is 5.69 Å². The molecule has 0 aliphatic heterocycles. The summed E-state index contributed by atoms with van der Waals surface area (Å²) in [7, 11) is 0. The Morgan fingerprint density at radius 1 is 1.54 bits per heavy atom. The minimum Gasteiger partial charge on any atom is -0.501 e. The molecule has 1 aromatic heterocycles. The van der Waals surface area contributed by atoms with Crippen LogP contribution in [0.2, 0.25) is 0 Å². The highest BCUT2D eigenvalue weighted by Crippen LogP contribution is 2.33. The van der Waals surface area contributed by atoms with Crippen molar-refractivity contribution in [3.8, 4) is 5.75 Å². The number of nitro benzene ring substituents is 1. The second kappa shape index (κ2) is 2.63. The van der Waals surface area contributed by atoms with E-state index in [9.17, 15) is 15.2 Å². The third-order valence-corrected chi connectivity index (χ3v) is 2.26. The van der Waals surface area contributed by atoms with Gasteiger partial charge in [0.05, 0.1) is 9.62 Å². The molecule has 1 heterocycles. The Bertz CT molecular complexity index is 481. The quantitative estimate of drug-likeness (QED) is 0.549. The van der Waals surface area contributed by atoms with Crippen LogP contribution in [-0.4, -0.2) is 19.6 Å². The van der Waals surface area contributed by atoms with E-state index in [1.807, 2.05) is 0 Å². The Balaban J connectivity index is 2.80. The highest BCUT2D eigenvalue weighted by molar-refractivity contribution is 7.13. The molecule has 0 aliphatic carbocycles. The maximum Gasteiger partial charge on any atom is 0.313 e. The molecule has 0 bridgehead atoms. The number of fused-ring (bicyclic) bond motifs is 1. The number of phenols is 1. The summed E-state index contributed by atoms with van der Waals surface area (Å²) in [4.78, 5) is 9.73. The minimum absolute atomic E-state index is 0.180. The summed E-state index contributed by atoms with van der Waals surface area (Å²) in [5.41, 5.74) is -0.167. The average molecular weight is 197 g/mol. The SMILES string of the molecule is O=[N+]([O-])c1ccc2snnc2c1O. The maximum atomic E-state index is 10.4. The van der Waals surface area contributed by atoms with Crippen molar-refractivity contribution in [1.29, 1.82) is 0 Å². The normalized spacial score (nSPS) is 10.5. The second-order valence-electron chi connectivity index (χ2n) is 2.31. The molecule has 0 unspecified atom stereocenters. The molecule has 66 valence electrons. The Morgan fingerprint density at radius 2 is 2.31 bits per heavy atom. The lowest BCUT2D eigenvalue weighted by Crippen LogP contribution is -1.88.